The van der Waals surface area contributed by atoms with Crippen LogP contribution in [0.15, 0.2) is 24.3 Å². The lowest BCUT2D eigenvalue weighted by atomic mass is 10.3. The van der Waals surface area contributed by atoms with Crippen molar-refractivity contribution in [2.75, 3.05) is 25.8 Å². The minimum absolute atomic E-state index is 0.694. The van der Waals surface area contributed by atoms with Gasteiger partial charge in [-0.05, 0) is 31.2 Å². The molecule has 0 bridgehead atoms. The lowest BCUT2D eigenvalue weighted by Crippen LogP contribution is -2.14. The molecule has 1 rings (SSSR count). The number of anilines is 1. The van der Waals surface area contributed by atoms with E-state index < -0.39 is 0 Å². The maximum atomic E-state index is 5.31. The molecule has 0 aliphatic rings. The van der Waals surface area contributed by atoms with Gasteiger partial charge in [-0.3, -0.25) is 9.90 Å². The fourth-order valence-corrected chi connectivity index (χ4v) is 1.02. The number of nitrogens with zero attached hydrogens (tertiary/aromatic N) is 1. The van der Waals surface area contributed by atoms with Crippen LogP contribution in [0, 0.1) is 0 Å². The Balaban J connectivity index is 2.69. The first kappa shape index (κ1) is 9.86. The molecule has 0 aliphatic heterocycles. The second-order valence-corrected chi connectivity index (χ2v) is 2.61. The van der Waals surface area contributed by atoms with Crippen LogP contribution in [0.2, 0.25) is 0 Å². The highest BCUT2D eigenvalue weighted by atomic mass is 16.7. The summed E-state index contributed by atoms with van der Waals surface area (Å²) in [6.45, 7) is 2.66. The summed E-state index contributed by atoms with van der Waals surface area (Å²) in [7, 11) is 3.49. The van der Waals surface area contributed by atoms with Crippen molar-refractivity contribution in [3.05, 3.63) is 24.3 Å². The van der Waals surface area contributed by atoms with Gasteiger partial charge in [-0.25, -0.2) is 0 Å². The first-order valence-corrected chi connectivity index (χ1v) is 4.28. The van der Waals surface area contributed by atoms with Crippen LogP contribution in [0.25, 0.3) is 0 Å². The van der Waals surface area contributed by atoms with E-state index in [1.165, 1.54) is 0 Å². The standard InChI is InChI=1S/C10H15NO2/c1-4-13-10-7-5-9(6-8-10)11(2)12-3/h5-8H,4H2,1-3H3. The largest absolute Gasteiger partial charge is 0.494 e. The summed E-state index contributed by atoms with van der Waals surface area (Å²) in [6, 6.07) is 7.76. The minimum atomic E-state index is 0.694. The second kappa shape index (κ2) is 4.72. The van der Waals surface area contributed by atoms with Crippen LogP contribution in [-0.4, -0.2) is 20.8 Å². The van der Waals surface area contributed by atoms with Gasteiger partial charge in [-0.15, -0.1) is 0 Å². The molecule has 3 nitrogen and oxygen atoms in total. The van der Waals surface area contributed by atoms with E-state index in [0.29, 0.717) is 6.61 Å². The monoisotopic (exact) mass is 181 g/mol. The Morgan fingerprint density at radius 3 is 2.31 bits per heavy atom. The molecule has 0 N–H and O–H groups in total. The molecule has 0 spiro atoms. The highest BCUT2D eigenvalue weighted by molar-refractivity contribution is 5.46. The smallest absolute Gasteiger partial charge is 0.119 e. The minimum Gasteiger partial charge on any atom is -0.494 e. The predicted molar refractivity (Wildman–Crippen MR) is 53.0 cm³/mol. The van der Waals surface area contributed by atoms with Gasteiger partial charge in [0.05, 0.1) is 19.4 Å². The summed E-state index contributed by atoms with van der Waals surface area (Å²) in [5.41, 5.74) is 1.01. The molecule has 1 aromatic carbocycles. The molecule has 1 aromatic rings. The molecule has 13 heavy (non-hydrogen) atoms. The Kier molecular flexibility index (Phi) is 3.58. The van der Waals surface area contributed by atoms with Crippen LogP contribution < -0.4 is 9.80 Å². The average Bonchev–Trinajstić information content (AvgIpc) is 2.18. The van der Waals surface area contributed by atoms with E-state index in [4.69, 9.17) is 9.57 Å². The van der Waals surface area contributed by atoms with E-state index >= 15 is 0 Å². The van der Waals surface area contributed by atoms with Crippen LogP contribution in [0.3, 0.4) is 0 Å². The first-order chi connectivity index (χ1) is 6.27. The van der Waals surface area contributed by atoms with E-state index in [1.807, 2.05) is 38.2 Å². The van der Waals surface area contributed by atoms with Gasteiger partial charge >= 0.3 is 0 Å². The van der Waals surface area contributed by atoms with Crippen LogP contribution in [0.1, 0.15) is 6.92 Å². The lowest BCUT2D eigenvalue weighted by molar-refractivity contribution is 0.184. The third kappa shape index (κ3) is 2.63. The lowest BCUT2D eigenvalue weighted by Gasteiger charge is -2.15. The van der Waals surface area contributed by atoms with Crippen LogP contribution in [-0.2, 0) is 4.84 Å². The zero-order valence-electron chi connectivity index (χ0n) is 8.28. The topological polar surface area (TPSA) is 21.7 Å². The summed E-state index contributed by atoms with van der Waals surface area (Å²) < 4.78 is 5.31. The molecule has 0 aliphatic carbocycles. The summed E-state index contributed by atoms with van der Waals surface area (Å²) in [5.74, 6) is 0.885. The van der Waals surface area contributed by atoms with Crippen molar-refractivity contribution in [1.82, 2.24) is 0 Å². The number of hydrogen-bond donors (Lipinski definition) is 0. The highest BCUT2D eigenvalue weighted by Crippen LogP contribution is 2.18. The zero-order valence-corrected chi connectivity index (χ0v) is 8.28. The van der Waals surface area contributed by atoms with E-state index in [9.17, 15) is 0 Å². The Morgan fingerprint density at radius 2 is 1.85 bits per heavy atom. The van der Waals surface area contributed by atoms with Crippen molar-refractivity contribution in [2.45, 2.75) is 6.92 Å². The molecule has 72 valence electrons. The fourth-order valence-electron chi connectivity index (χ4n) is 1.02. The van der Waals surface area contributed by atoms with Crippen molar-refractivity contribution >= 4 is 5.69 Å². The molecule has 0 amide bonds. The molecule has 0 saturated heterocycles. The number of rotatable bonds is 4. The number of hydroxylamine groups is 1. The fraction of sp³-hybridized carbons (Fsp3) is 0.400. The number of ether oxygens (including phenoxy) is 1. The molecule has 0 unspecified atom stereocenters. The third-order valence-electron chi connectivity index (χ3n) is 1.79. The predicted octanol–water partition coefficient (Wildman–Crippen LogP) is 2.08. The maximum absolute atomic E-state index is 5.31. The average molecular weight is 181 g/mol. The molecule has 0 fully saturated rings. The normalized spacial score (nSPS) is 9.77. The van der Waals surface area contributed by atoms with E-state index in [0.717, 1.165) is 11.4 Å². The van der Waals surface area contributed by atoms with Gasteiger partial charge < -0.3 is 4.74 Å². The Labute approximate surface area is 78.8 Å². The van der Waals surface area contributed by atoms with Crippen LogP contribution >= 0.6 is 0 Å². The molecular formula is C10H15NO2. The quantitative estimate of drug-likeness (QED) is 0.664. The van der Waals surface area contributed by atoms with E-state index in [1.54, 1.807) is 12.2 Å². The van der Waals surface area contributed by atoms with Gasteiger partial charge in [-0.2, -0.15) is 0 Å². The van der Waals surface area contributed by atoms with Crippen molar-refractivity contribution in [2.24, 2.45) is 0 Å². The first-order valence-electron chi connectivity index (χ1n) is 4.28. The van der Waals surface area contributed by atoms with Crippen molar-refractivity contribution in [3.63, 3.8) is 0 Å². The molecule has 0 heterocycles. The van der Waals surface area contributed by atoms with E-state index in [-0.39, 0.29) is 0 Å². The van der Waals surface area contributed by atoms with Crippen molar-refractivity contribution in [1.29, 1.82) is 0 Å². The van der Waals surface area contributed by atoms with Crippen molar-refractivity contribution < 1.29 is 9.57 Å². The van der Waals surface area contributed by atoms with Gasteiger partial charge in [0.2, 0.25) is 0 Å². The molecule has 0 atom stereocenters. The van der Waals surface area contributed by atoms with Crippen molar-refractivity contribution in [3.8, 4) is 5.75 Å². The van der Waals surface area contributed by atoms with Gasteiger partial charge in [0.25, 0.3) is 0 Å². The van der Waals surface area contributed by atoms with Gasteiger partial charge in [0, 0.05) is 7.05 Å². The Hall–Kier alpha value is -1.22. The zero-order chi connectivity index (χ0) is 9.68. The molecule has 3 heteroatoms. The highest BCUT2D eigenvalue weighted by Gasteiger charge is 1.98. The SMILES string of the molecule is CCOc1ccc(N(C)OC)cc1. The summed E-state index contributed by atoms with van der Waals surface area (Å²) in [5, 5.41) is 1.69. The third-order valence-corrected chi connectivity index (χ3v) is 1.79. The second-order valence-electron chi connectivity index (χ2n) is 2.61. The molecule has 0 aromatic heterocycles. The summed E-state index contributed by atoms with van der Waals surface area (Å²) in [6.07, 6.45) is 0. The molecule has 0 radical (unpaired) electrons. The molecular weight excluding hydrogens is 166 g/mol. The number of benzene rings is 1. The van der Waals surface area contributed by atoms with Crippen LogP contribution in [0.4, 0.5) is 5.69 Å². The summed E-state index contributed by atoms with van der Waals surface area (Å²) >= 11 is 0. The summed E-state index contributed by atoms with van der Waals surface area (Å²) in [4.78, 5) is 5.03. The Morgan fingerprint density at radius 1 is 1.23 bits per heavy atom. The maximum Gasteiger partial charge on any atom is 0.119 e. The number of hydrogen-bond acceptors (Lipinski definition) is 3. The van der Waals surface area contributed by atoms with Gasteiger partial charge in [-0.1, -0.05) is 0 Å². The van der Waals surface area contributed by atoms with Gasteiger partial charge in [0.15, 0.2) is 0 Å². The van der Waals surface area contributed by atoms with E-state index in [2.05, 4.69) is 0 Å². The van der Waals surface area contributed by atoms with Crippen LogP contribution in [0.5, 0.6) is 5.75 Å². The molecule has 0 saturated carbocycles. The Bertz CT molecular complexity index is 246. The van der Waals surface area contributed by atoms with Gasteiger partial charge in [0.1, 0.15) is 5.75 Å².